The normalized spacial score (nSPS) is 20.4. The van der Waals surface area contributed by atoms with Crippen LogP contribution in [0.4, 0.5) is 11.6 Å². The Balaban J connectivity index is 1.70. The molecule has 0 radical (unpaired) electrons. The topological polar surface area (TPSA) is 81.3 Å². The van der Waals surface area contributed by atoms with Gasteiger partial charge in [-0.25, -0.2) is 9.97 Å². The zero-order valence-corrected chi connectivity index (χ0v) is 14.4. The van der Waals surface area contributed by atoms with Gasteiger partial charge in [0.15, 0.2) is 5.78 Å². The Morgan fingerprint density at radius 1 is 1.16 bits per heavy atom. The molecule has 0 bridgehead atoms. The molecule has 2 N–H and O–H groups in total. The number of Topliss-reactive ketones (excluding diaryl/α,β-unsaturated/α-hetero) is 1. The number of benzene rings is 1. The van der Waals surface area contributed by atoms with Crippen molar-refractivity contribution in [3.8, 4) is 0 Å². The highest BCUT2D eigenvalue weighted by molar-refractivity contribution is 6.00. The third-order valence-electron chi connectivity index (χ3n) is 5.06. The molecule has 1 unspecified atom stereocenters. The number of aryl methyl sites for hydroxylation is 1. The van der Waals surface area contributed by atoms with E-state index >= 15 is 0 Å². The van der Waals surface area contributed by atoms with Crippen LogP contribution in [0.1, 0.15) is 39.6 Å². The van der Waals surface area contributed by atoms with E-state index in [-0.39, 0.29) is 17.6 Å². The molecule has 2 aliphatic rings. The summed E-state index contributed by atoms with van der Waals surface area (Å²) in [4.78, 5) is 23.6. The van der Waals surface area contributed by atoms with Crippen LogP contribution in [0.2, 0.25) is 0 Å². The lowest BCUT2D eigenvalue weighted by molar-refractivity contribution is 0.0961. The van der Waals surface area contributed by atoms with Crippen molar-refractivity contribution < 1.29 is 9.53 Å². The van der Waals surface area contributed by atoms with Gasteiger partial charge >= 0.3 is 0 Å². The molecule has 6 heteroatoms. The van der Waals surface area contributed by atoms with Gasteiger partial charge < -0.3 is 15.4 Å². The molecule has 1 fully saturated rings. The molecule has 0 amide bonds. The van der Waals surface area contributed by atoms with E-state index < -0.39 is 0 Å². The Kier molecular flexibility index (Phi) is 4.13. The smallest absolute Gasteiger partial charge is 0.220 e. The predicted octanol–water partition coefficient (Wildman–Crippen LogP) is 2.12. The third-order valence-corrected chi connectivity index (χ3v) is 5.06. The molecule has 2 heterocycles. The van der Waals surface area contributed by atoms with Gasteiger partial charge in [0.1, 0.15) is 0 Å². The minimum Gasteiger partial charge on any atom is -0.378 e. The summed E-state index contributed by atoms with van der Waals surface area (Å²) in [6.07, 6.45) is 1.21. The van der Waals surface area contributed by atoms with Gasteiger partial charge in [-0.15, -0.1) is 0 Å². The van der Waals surface area contributed by atoms with Crippen molar-refractivity contribution in [2.45, 2.75) is 25.7 Å². The van der Waals surface area contributed by atoms with Crippen LogP contribution >= 0.6 is 0 Å². The fourth-order valence-corrected chi connectivity index (χ4v) is 3.94. The Morgan fingerprint density at radius 3 is 2.72 bits per heavy atom. The average Bonchev–Trinajstić information content (AvgIpc) is 2.61. The minimum atomic E-state index is 0.112. The number of nitrogen functional groups attached to an aromatic ring is 1. The van der Waals surface area contributed by atoms with Gasteiger partial charge in [0.25, 0.3) is 0 Å². The Hall–Kier alpha value is -2.47. The summed E-state index contributed by atoms with van der Waals surface area (Å²) in [5.74, 6) is 0.472. The van der Waals surface area contributed by atoms with E-state index in [2.05, 4.69) is 33.1 Å². The molecular weight excluding hydrogens is 316 g/mol. The van der Waals surface area contributed by atoms with Crippen LogP contribution in [0.15, 0.2) is 24.3 Å². The molecule has 130 valence electrons. The van der Waals surface area contributed by atoms with E-state index in [1.807, 2.05) is 13.0 Å². The number of anilines is 2. The highest BCUT2D eigenvalue weighted by Crippen LogP contribution is 2.37. The standard InChI is InChI=1S/C19H22N4O2/c1-12-18-15(22-19(20)21-12)10-13(11-17(18)24)14-4-2-3-5-16(14)23-6-8-25-9-7-23/h2-5,13H,6-11H2,1H3,(H2,20,21,22). The molecule has 6 nitrogen and oxygen atoms in total. The molecule has 1 aliphatic carbocycles. The number of ether oxygens (including phenoxy) is 1. The Bertz CT molecular complexity index is 815. The van der Waals surface area contributed by atoms with Crippen molar-refractivity contribution in [3.63, 3.8) is 0 Å². The molecule has 1 aromatic carbocycles. The lowest BCUT2D eigenvalue weighted by Gasteiger charge is -2.33. The summed E-state index contributed by atoms with van der Waals surface area (Å²) >= 11 is 0. The fraction of sp³-hybridized carbons (Fsp3) is 0.421. The first-order valence-corrected chi connectivity index (χ1v) is 8.71. The first-order chi connectivity index (χ1) is 12.1. The van der Waals surface area contributed by atoms with Crippen molar-refractivity contribution in [2.75, 3.05) is 36.9 Å². The summed E-state index contributed by atoms with van der Waals surface area (Å²) < 4.78 is 5.47. The number of aromatic nitrogens is 2. The Labute approximate surface area is 147 Å². The van der Waals surface area contributed by atoms with Crippen LogP contribution in [-0.2, 0) is 11.2 Å². The quantitative estimate of drug-likeness (QED) is 0.903. The van der Waals surface area contributed by atoms with Crippen LogP contribution < -0.4 is 10.6 Å². The van der Waals surface area contributed by atoms with Crippen LogP contribution in [0.25, 0.3) is 0 Å². The molecule has 0 spiro atoms. The number of ketones is 1. The maximum Gasteiger partial charge on any atom is 0.220 e. The zero-order chi connectivity index (χ0) is 17.4. The van der Waals surface area contributed by atoms with Crippen molar-refractivity contribution in [2.24, 2.45) is 0 Å². The van der Waals surface area contributed by atoms with Gasteiger partial charge in [0.05, 0.1) is 30.2 Å². The van der Waals surface area contributed by atoms with Crippen LogP contribution in [0.3, 0.4) is 0 Å². The zero-order valence-electron chi connectivity index (χ0n) is 14.4. The SMILES string of the molecule is Cc1nc(N)nc2c1C(=O)CC(c1ccccc1N1CCOCC1)C2. The summed E-state index contributed by atoms with van der Waals surface area (Å²) in [6, 6.07) is 8.36. The second-order valence-corrected chi connectivity index (χ2v) is 6.68. The number of carbonyl (C=O) groups excluding carboxylic acids is 1. The van der Waals surface area contributed by atoms with Crippen LogP contribution in [0.5, 0.6) is 0 Å². The summed E-state index contributed by atoms with van der Waals surface area (Å²) in [5, 5.41) is 0. The van der Waals surface area contributed by atoms with Gasteiger partial charge in [-0.1, -0.05) is 18.2 Å². The van der Waals surface area contributed by atoms with Gasteiger partial charge in [-0.05, 0) is 30.9 Å². The largest absolute Gasteiger partial charge is 0.378 e. The van der Waals surface area contributed by atoms with E-state index in [1.54, 1.807) is 0 Å². The number of para-hydroxylation sites is 1. The summed E-state index contributed by atoms with van der Waals surface area (Å²) in [6.45, 7) is 5.06. The highest BCUT2D eigenvalue weighted by atomic mass is 16.5. The molecule has 2 aromatic rings. The van der Waals surface area contributed by atoms with E-state index in [1.165, 1.54) is 11.3 Å². The summed E-state index contributed by atoms with van der Waals surface area (Å²) in [7, 11) is 0. The first kappa shape index (κ1) is 16.0. The number of carbonyl (C=O) groups is 1. The molecule has 1 atom stereocenters. The third kappa shape index (κ3) is 2.98. The van der Waals surface area contributed by atoms with Crippen LogP contribution in [-0.4, -0.2) is 42.1 Å². The number of nitrogens with zero attached hydrogens (tertiary/aromatic N) is 3. The number of nitrogens with two attached hydrogens (primary N) is 1. The van der Waals surface area contributed by atoms with Gasteiger partial charge in [-0.3, -0.25) is 4.79 Å². The predicted molar refractivity (Wildman–Crippen MR) is 96.0 cm³/mol. The van der Waals surface area contributed by atoms with Crippen molar-refractivity contribution in [3.05, 3.63) is 46.8 Å². The fourth-order valence-electron chi connectivity index (χ4n) is 3.94. The number of hydrogen-bond donors (Lipinski definition) is 1. The molecule has 1 aromatic heterocycles. The lowest BCUT2D eigenvalue weighted by Crippen LogP contribution is -2.37. The Morgan fingerprint density at radius 2 is 1.92 bits per heavy atom. The molecule has 25 heavy (non-hydrogen) atoms. The van der Waals surface area contributed by atoms with E-state index in [9.17, 15) is 4.79 Å². The number of fused-ring (bicyclic) bond motifs is 1. The molecule has 0 saturated carbocycles. The van der Waals surface area contributed by atoms with Gasteiger partial charge in [0, 0.05) is 25.2 Å². The lowest BCUT2D eigenvalue weighted by atomic mass is 9.80. The number of hydrogen-bond acceptors (Lipinski definition) is 6. The van der Waals surface area contributed by atoms with Crippen LogP contribution in [0, 0.1) is 6.92 Å². The van der Waals surface area contributed by atoms with Gasteiger partial charge in [-0.2, -0.15) is 0 Å². The first-order valence-electron chi connectivity index (χ1n) is 8.71. The monoisotopic (exact) mass is 338 g/mol. The maximum atomic E-state index is 12.7. The number of rotatable bonds is 2. The molecular formula is C19H22N4O2. The second kappa shape index (κ2) is 6.44. The second-order valence-electron chi connectivity index (χ2n) is 6.68. The van der Waals surface area contributed by atoms with Crippen molar-refractivity contribution >= 4 is 17.4 Å². The summed E-state index contributed by atoms with van der Waals surface area (Å²) in [5.41, 5.74) is 10.3. The van der Waals surface area contributed by atoms with Crippen molar-refractivity contribution in [1.29, 1.82) is 0 Å². The molecule has 1 aliphatic heterocycles. The molecule has 1 saturated heterocycles. The van der Waals surface area contributed by atoms with Gasteiger partial charge in [0.2, 0.25) is 5.95 Å². The van der Waals surface area contributed by atoms with Crippen molar-refractivity contribution in [1.82, 2.24) is 9.97 Å². The number of morpholine rings is 1. The minimum absolute atomic E-state index is 0.112. The van der Waals surface area contributed by atoms with E-state index in [0.29, 0.717) is 17.7 Å². The van der Waals surface area contributed by atoms with E-state index in [4.69, 9.17) is 10.5 Å². The maximum absolute atomic E-state index is 12.7. The average molecular weight is 338 g/mol. The highest BCUT2D eigenvalue weighted by Gasteiger charge is 2.31. The van der Waals surface area contributed by atoms with E-state index in [0.717, 1.165) is 38.4 Å². The molecule has 4 rings (SSSR count).